The Morgan fingerprint density at radius 3 is 3.00 bits per heavy atom. The average molecular weight is 334 g/mol. The molecule has 1 amide bonds. The third-order valence-electron chi connectivity index (χ3n) is 4.25. The van der Waals surface area contributed by atoms with Gasteiger partial charge in [-0.2, -0.15) is 5.10 Å². The predicted molar refractivity (Wildman–Crippen MR) is 89.8 cm³/mol. The smallest absolute Gasteiger partial charge is 0.257 e. The number of carbonyl (C=O) groups excluding carboxylic acids is 1. The first-order valence-corrected chi connectivity index (χ1v) is 8.05. The minimum absolute atomic E-state index is 0.00271. The van der Waals surface area contributed by atoms with E-state index >= 15 is 0 Å². The molecule has 1 atom stereocenters. The number of anilines is 1. The topological polar surface area (TPSA) is 54.3 Å². The first-order valence-electron chi connectivity index (χ1n) is 7.67. The van der Waals surface area contributed by atoms with Crippen molar-refractivity contribution in [1.82, 2.24) is 19.7 Å². The highest BCUT2D eigenvalue weighted by atomic mass is 35.5. The van der Waals surface area contributed by atoms with E-state index in [2.05, 4.69) is 15.0 Å². The maximum atomic E-state index is 12.6. The van der Waals surface area contributed by atoms with Crippen molar-refractivity contribution in [2.75, 3.05) is 25.0 Å². The van der Waals surface area contributed by atoms with Crippen LogP contribution in [-0.2, 0) is 7.05 Å². The van der Waals surface area contributed by atoms with Crippen molar-refractivity contribution in [2.45, 2.75) is 18.9 Å². The Morgan fingerprint density at radius 1 is 1.48 bits per heavy atom. The lowest BCUT2D eigenvalue weighted by Gasteiger charge is -2.38. The Bertz CT molecular complexity index is 701. The maximum absolute atomic E-state index is 12.6. The zero-order valence-electron chi connectivity index (χ0n) is 13.3. The van der Waals surface area contributed by atoms with E-state index < -0.39 is 0 Å². The molecule has 0 aliphatic carbocycles. The van der Waals surface area contributed by atoms with Crippen LogP contribution in [0.25, 0.3) is 0 Å². The fraction of sp³-hybridized carbons (Fsp3) is 0.438. The highest BCUT2D eigenvalue weighted by molar-refractivity contribution is 6.32. The number of likely N-dealkylation sites (N-methyl/N-ethyl adjacent to an activating group) is 1. The van der Waals surface area contributed by atoms with E-state index in [4.69, 9.17) is 11.6 Å². The van der Waals surface area contributed by atoms with Crippen LogP contribution in [-0.4, -0.2) is 51.8 Å². The summed E-state index contributed by atoms with van der Waals surface area (Å²) in [5, 5.41) is 4.72. The second kappa shape index (κ2) is 6.58. The van der Waals surface area contributed by atoms with E-state index in [1.807, 2.05) is 26.2 Å². The minimum atomic E-state index is -0.00271. The molecule has 7 heteroatoms. The molecule has 122 valence electrons. The summed E-state index contributed by atoms with van der Waals surface area (Å²) in [6.07, 6.45) is 7.07. The first kappa shape index (κ1) is 15.8. The number of aromatic nitrogens is 3. The molecule has 1 unspecified atom stereocenters. The number of hydrogen-bond donors (Lipinski definition) is 0. The Morgan fingerprint density at radius 2 is 2.30 bits per heavy atom. The lowest BCUT2D eigenvalue weighted by Crippen LogP contribution is -2.48. The van der Waals surface area contributed by atoms with Gasteiger partial charge in [-0.1, -0.05) is 11.6 Å². The molecule has 2 aromatic heterocycles. The van der Waals surface area contributed by atoms with Gasteiger partial charge in [-0.25, -0.2) is 4.98 Å². The van der Waals surface area contributed by atoms with Gasteiger partial charge in [-0.3, -0.25) is 9.48 Å². The van der Waals surface area contributed by atoms with Crippen LogP contribution in [0.2, 0.25) is 5.02 Å². The van der Waals surface area contributed by atoms with Crippen molar-refractivity contribution >= 4 is 23.3 Å². The second-order valence-electron chi connectivity index (χ2n) is 5.87. The summed E-state index contributed by atoms with van der Waals surface area (Å²) >= 11 is 6.25. The summed E-state index contributed by atoms with van der Waals surface area (Å²) in [7, 11) is 3.66. The predicted octanol–water partition coefficient (Wildman–Crippen LogP) is 2.21. The molecule has 1 aliphatic heterocycles. The highest BCUT2D eigenvalue weighted by Gasteiger charge is 2.28. The highest BCUT2D eigenvalue weighted by Crippen LogP contribution is 2.26. The van der Waals surface area contributed by atoms with Crippen molar-refractivity contribution in [1.29, 1.82) is 0 Å². The molecule has 1 saturated heterocycles. The molecule has 6 nitrogen and oxygen atoms in total. The van der Waals surface area contributed by atoms with Crippen LogP contribution in [0, 0.1) is 0 Å². The second-order valence-corrected chi connectivity index (χ2v) is 6.28. The van der Waals surface area contributed by atoms with Crippen LogP contribution in [0.15, 0.2) is 30.7 Å². The minimum Gasteiger partial charge on any atom is -0.353 e. The van der Waals surface area contributed by atoms with Gasteiger partial charge in [0.25, 0.3) is 5.91 Å². The molecule has 1 aliphatic rings. The summed E-state index contributed by atoms with van der Waals surface area (Å²) in [5.41, 5.74) is 0.614. The Labute approximate surface area is 140 Å². The van der Waals surface area contributed by atoms with Crippen LogP contribution < -0.4 is 4.90 Å². The standard InChI is InChI=1S/C16H20ClN5O/c1-20-10-12(9-19-20)16(23)21(2)13-5-4-8-22(11-13)15-14(17)6-3-7-18-15/h3,6-7,9-10,13H,4-5,8,11H2,1-2H3. The van der Waals surface area contributed by atoms with E-state index in [1.54, 1.807) is 28.2 Å². The number of hydrogen-bond acceptors (Lipinski definition) is 4. The number of piperidine rings is 1. The summed E-state index contributed by atoms with van der Waals surface area (Å²) < 4.78 is 1.64. The lowest BCUT2D eigenvalue weighted by molar-refractivity contribution is 0.0717. The largest absolute Gasteiger partial charge is 0.353 e. The van der Waals surface area contributed by atoms with Crippen LogP contribution in [0.1, 0.15) is 23.2 Å². The molecule has 0 radical (unpaired) electrons. The van der Waals surface area contributed by atoms with Gasteiger partial charge in [-0.05, 0) is 25.0 Å². The quantitative estimate of drug-likeness (QED) is 0.864. The average Bonchev–Trinajstić information content (AvgIpc) is 3.00. The zero-order valence-corrected chi connectivity index (χ0v) is 14.1. The number of aryl methyl sites for hydroxylation is 1. The molecule has 3 rings (SSSR count). The summed E-state index contributed by atoms with van der Waals surface area (Å²) in [5.74, 6) is 0.790. The number of halogens is 1. The van der Waals surface area contributed by atoms with Crippen LogP contribution in [0.4, 0.5) is 5.82 Å². The number of pyridine rings is 1. The molecular formula is C16H20ClN5O. The van der Waals surface area contributed by atoms with E-state index in [9.17, 15) is 4.79 Å². The van der Waals surface area contributed by atoms with Crippen LogP contribution in [0.3, 0.4) is 0 Å². The molecule has 0 N–H and O–H groups in total. The molecule has 0 spiro atoms. The van der Waals surface area contributed by atoms with Crippen molar-refractivity contribution in [3.8, 4) is 0 Å². The molecule has 1 fully saturated rings. The summed E-state index contributed by atoms with van der Waals surface area (Å²) in [6.45, 7) is 1.64. The molecular weight excluding hydrogens is 314 g/mol. The SMILES string of the molecule is CN(C(=O)c1cnn(C)c1)C1CCCN(c2ncccc2Cl)C1. The molecule has 2 aromatic rings. The monoisotopic (exact) mass is 333 g/mol. The van der Waals surface area contributed by atoms with Gasteiger partial charge in [0.1, 0.15) is 5.82 Å². The fourth-order valence-electron chi connectivity index (χ4n) is 2.97. The van der Waals surface area contributed by atoms with Crippen LogP contribution >= 0.6 is 11.6 Å². The van der Waals surface area contributed by atoms with Gasteiger partial charge in [0.15, 0.2) is 0 Å². The van der Waals surface area contributed by atoms with Gasteiger partial charge in [0.05, 0.1) is 16.8 Å². The van der Waals surface area contributed by atoms with E-state index in [0.717, 1.165) is 31.7 Å². The van der Waals surface area contributed by atoms with Gasteiger partial charge in [0.2, 0.25) is 0 Å². The van der Waals surface area contributed by atoms with Crippen molar-refractivity contribution in [3.63, 3.8) is 0 Å². The van der Waals surface area contributed by atoms with Crippen molar-refractivity contribution in [3.05, 3.63) is 41.3 Å². The molecule has 0 saturated carbocycles. The Hall–Kier alpha value is -2.08. The maximum Gasteiger partial charge on any atom is 0.257 e. The number of nitrogens with zero attached hydrogens (tertiary/aromatic N) is 5. The van der Waals surface area contributed by atoms with E-state index in [-0.39, 0.29) is 11.9 Å². The van der Waals surface area contributed by atoms with Crippen molar-refractivity contribution < 1.29 is 4.79 Å². The van der Waals surface area contributed by atoms with Gasteiger partial charge in [0, 0.05) is 45.6 Å². The van der Waals surface area contributed by atoms with Crippen LogP contribution in [0.5, 0.6) is 0 Å². The molecule has 0 aromatic carbocycles. The van der Waals surface area contributed by atoms with E-state index in [1.165, 1.54) is 0 Å². The Balaban J connectivity index is 1.73. The lowest BCUT2D eigenvalue weighted by atomic mass is 10.0. The third kappa shape index (κ3) is 3.32. The number of carbonyl (C=O) groups is 1. The Kier molecular flexibility index (Phi) is 4.52. The number of rotatable bonds is 3. The van der Waals surface area contributed by atoms with Gasteiger partial charge in [-0.15, -0.1) is 0 Å². The normalized spacial score (nSPS) is 18.0. The van der Waals surface area contributed by atoms with Crippen molar-refractivity contribution in [2.24, 2.45) is 7.05 Å². The summed E-state index contributed by atoms with van der Waals surface area (Å²) in [4.78, 5) is 20.9. The molecule has 23 heavy (non-hydrogen) atoms. The fourth-order valence-corrected chi connectivity index (χ4v) is 3.22. The summed E-state index contributed by atoms with van der Waals surface area (Å²) in [6, 6.07) is 3.80. The first-order chi connectivity index (χ1) is 11.1. The third-order valence-corrected chi connectivity index (χ3v) is 4.55. The van der Waals surface area contributed by atoms with Gasteiger partial charge >= 0.3 is 0 Å². The molecule has 0 bridgehead atoms. The molecule has 3 heterocycles. The van der Waals surface area contributed by atoms with Gasteiger partial charge < -0.3 is 9.80 Å². The van der Waals surface area contributed by atoms with E-state index in [0.29, 0.717) is 10.6 Å². The zero-order chi connectivity index (χ0) is 16.4. The number of amides is 1.